The topological polar surface area (TPSA) is 83.7 Å². The molecule has 1 aromatic heterocycles. The predicted octanol–water partition coefficient (Wildman–Crippen LogP) is 3.77. The van der Waals surface area contributed by atoms with Gasteiger partial charge in [-0.05, 0) is 62.1 Å². The zero-order valence-corrected chi connectivity index (χ0v) is 19.0. The van der Waals surface area contributed by atoms with Crippen molar-refractivity contribution in [3.63, 3.8) is 0 Å². The second-order valence-electron chi connectivity index (χ2n) is 8.75. The van der Waals surface area contributed by atoms with Gasteiger partial charge in [0.2, 0.25) is 15.9 Å². The number of hydrogen-bond acceptors (Lipinski definition) is 5. The molecule has 174 valence electrons. The number of carbonyl (C=O) groups is 1. The molecule has 5 rings (SSSR count). The number of piperidine rings is 2. The summed E-state index contributed by atoms with van der Waals surface area (Å²) in [6.07, 6.45) is 2.58. The maximum atomic E-state index is 13.1. The largest absolute Gasteiger partial charge is 0.440 e. The number of aromatic nitrogens is 1. The van der Waals surface area contributed by atoms with Crippen LogP contribution in [0.3, 0.4) is 0 Å². The second-order valence-corrected chi connectivity index (χ2v) is 10.7. The highest BCUT2D eigenvalue weighted by molar-refractivity contribution is 7.89. The Hall–Kier alpha value is -2.78. The van der Waals surface area contributed by atoms with Crippen molar-refractivity contribution in [2.45, 2.75) is 36.5 Å². The molecule has 9 heteroatoms. The number of likely N-dealkylation sites (tertiary alicyclic amines) is 1. The summed E-state index contributed by atoms with van der Waals surface area (Å²) in [5.74, 6) is 0.389. The van der Waals surface area contributed by atoms with Crippen LogP contribution in [0.5, 0.6) is 0 Å². The van der Waals surface area contributed by atoms with E-state index in [1.54, 1.807) is 0 Å². The fourth-order valence-electron chi connectivity index (χ4n) is 4.77. The van der Waals surface area contributed by atoms with Gasteiger partial charge in [0.25, 0.3) is 0 Å². The first-order chi connectivity index (χ1) is 15.9. The standard InChI is InChI=1S/C24H26FN3O4S/c25-19-5-7-20(8-6-19)33(30,31)28-15-11-18(12-16-28)24(29)27-13-9-17(10-14-27)23-26-21-3-1-2-4-22(21)32-23/h1-8,17-18H,9-16H2. The van der Waals surface area contributed by atoms with Crippen LogP contribution in [0.15, 0.2) is 57.8 Å². The van der Waals surface area contributed by atoms with Crippen molar-refractivity contribution in [3.8, 4) is 0 Å². The van der Waals surface area contributed by atoms with Crippen LogP contribution in [-0.4, -0.2) is 54.7 Å². The van der Waals surface area contributed by atoms with Crippen LogP contribution >= 0.6 is 0 Å². The third kappa shape index (κ3) is 4.39. The first-order valence-electron chi connectivity index (χ1n) is 11.3. The number of carbonyl (C=O) groups excluding carboxylic acids is 1. The third-order valence-corrected chi connectivity index (χ3v) is 8.63. The second kappa shape index (κ2) is 8.87. The summed E-state index contributed by atoms with van der Waals surface area (Å²) in [4.78, 5) is 19.7. The molecule has 0 spiro atoms. The fraction of sp³-hybridized carbons (Fsp3) is 0.417. The number of rotatable bonds is 4. The van der Waals surface area contributed by atoms with E-state index in [9.17, 15) is 17.6 Å². The number of sulfonamides is 1. The van der Waals surface area contributed by atoms with E-state index in [0.717, 1.165) is 42.0 Å². The zero-order chi connectivity index (χ0) is 23.0. The van der Waals surface area contributed by atoms with Gasteiger partial charge in [-0.1, -0.05) is 12.1 Å². The molecule has 0 unspecified atom stereocenters. The van der Waals surface area contributed by atoms with Crippen LogP contribution in [-0.2, 0) is 14.8 Å². The zero-order valence-electron chi connectivity index (χ0n) is 18.2. The van der Waals surface area contributed by atoms with Gasteiger partial charge < -0.3 is 9.32 Å². The first-order valence-corrected chi connectivity index (χ1v) is 12.8. The minimum Gasteiger partial charge on any atom is -0.440 e. The summed E-state index contributed by atoms with van der Waals surface area (Å²) in [5, 5.41) is 0. The lowest BCUT2D eigenvalue weighted by atomic mass is 9.92. The molecule has 0 aliphatic carbocycles. The molecule has 2 aliphatic heterocycles. The Morgan fingerprint density at radius 2 is 1.61 bits per heavy atom. The molecule has 2 aromatic carbocycles. The van der Waals surface area contributed by atoms with E-state index in [2.05, 4.69) is 4.98 Å². The van der Waals surface area contributed by atoms with Gasteiger partial charge >= 0.3 is 0 Å². The van der Waals surface area contributed by atoms with Gasteiger partial charge in [0.05, 0.1) is 4.90 Å². The number of nitrogens with zero attached hydrogens (tertiary/aromatic N) is 3. The highest BCUT2D eigenvalue weighted by Gasteiger charge is 2.35. The van der Waals surface area contributed by atoms with Crippen molar-refractivity contribution >= 4 is 27.0 Å². The molecule has 0 radical (unpaired) electrons. The van der Waals surface area contributed by atoms with Crippen LogP contribution in [0, 0.1) is 11.7 Å². The summed E-state index contributed by atoms with van der Waals surface area (Å²) in [6.45, 7) is 1.87. The van der Waals surface area contributed by atoms with Gasteiger partial charge in [-0.3, -0.25) is 4.79 Å². The monoisotopic (exact) mass is 471 g/mol. The lowest BCUT2D eigenvalue weighted by Crippen LogP contribution is -2.46. The van der Waals surface area contributed by atoms with Crippen molar-refractivity contribution in [2.24, 2.45) is 5.92 Å². The minimum atomic E-state index is -3.68. The SMILES string of the molecule is O=C(C1CCN(S(=O)(=O)c2ccc(F)cc2)CC1)N1CCC(c2nc3ccccc3o2)CC1. The molecular weight excluding hydrogens is 445 g/mol. The number of halogens is 1. The van der Waals surface area contributed by atoms with E-state index in [1.807, 2.05) is 29.2 Å². The van der Waals surface area contributed by atoms with E-state index < -0.39 is 15.8 Å². The fourth-order valence-corrected chi connectivity index (χ4v) is 6.24. The molecular formula is C24H26FN3O4S. The van der Waals surface area contributed by atoms with Crippen molar-refractivity contribution < 1.29 is 22.0 Å². The Morgan fingerprint density at radius 3 is 2.27 bits per heavy atom. The normalized spacial score (nSPS) is 19.2. The molecule has 0 atom stereocenters. The third-order valence-electron chi connectivity index (χ3n) is 6.72. The number of hydrogen-bond donors (Lipinski definition) is 0. The summed E-state index contributed by atoms with van der Waals surface area (Å²) >= 11 is 0. The molecule has 0 saturated carbocycles. The molecule has 1 amide bonds. The maximum Gasteiger partial charge on any atom is 0.243 e. The summed E-state index contributed by atoms with van der Waals surface area (Å²) < 4.78 is 46.1. The number of fused-ring (bicyclic) bond motifs is 1. The van der Waals surface area contributed by atoms with Crippen LogP contribution < -0.4 is 0 Å². The Bertz CT molecular complexity index is 1210. The summed E-state index contributed by atoms with van der Waals surface area (Å²) in [7, 11) is -3.68. The van der Waals surface area contributed by atoms with Gasteiger partial charge in [-0.15, -0.1) is 0 Å². The van der Waals surface area contributed by atoms with Crippen LogP contribution in [0.1, 0.15) is 37.5 Å². The maximum absolute atomic E-state index is 13.1. The van der Waals surface area contributed by atoms with E-state index in [-0.39, 0.29) is 35.7 Å². The van der Waals surface area contributed by atoms with Crippen molar-refractivity contribution in [3.05, 3.63) is 60.2 Å². The quantitative estimate of drug-likeness (QED) is 0.578. The van der Waals surface area contributed by atoms with Gasteiger partial charge in [0.1, 0.15) is 11.3 Å². The Kier molecular flexibility index (Phi) is 5.92. The summed E-state index contributed by atoms with van der Waals surface area (Å²) in [5.41, 5.74) is 1.64. The van der Waals surface area contributed by atoms with Gasteiger partial charge in [0, 0.05) is 38.0 Å². The molecule has 0 bridgehead atoms. The smallest absolute Gasteiger partial charge is 0.243 e. The number of para-hydroxylation sites is 2. The van der Waals surface area contributed by atoms with Crippen molar-refractivity contribution in [1.29, 1.82) is 0 Å². The average molecular weight is 472 g/mol. The molecule has 33 heavy (non-hydrogen) atoms. The van der Waals surface area contributed by atoms with E-state index >= 15 is 0 Å². The molecule has 0 N–H and O–H groups in total. The lowest BCUT2D eigenvalue weighted by molar-refractivity contribution is -0.137. The van der Waals surface area contributed by atoms with Gasteiger partial charge in [0.15, 0.2) is 11.5 Å². The van der Waals surface area contributed by atoms with E-state index in [1.165, 1.54) is 16.4 Å². The van der Waals surface area contributed by atoms with E-state index in [0.29, 0.717) is 25.9 Å². The molecule has 3 heterocycles. The Labute approximate surface area is 192 Å². The number of amides is 1. The molecule has 7 nitrogen and oxygen atoms in total. The highest BCUT2D eigenvalue weighted by atomic mass is 32.2. The number of oxazole rings is 1. The Morgan fingerprint density at radius 1 is 0.939 bits per heavy atom. The van der Waals surface area contributed by atoms with Crippen LogP contribution in [0.2, 0.25) is 0 Å². The Balaban J connectivity index is 1.16. The molecule has 2 aliphatic rings. The van der Waals surface area contributed by atoms with Crippen LogP contribution in [0.4, 0.5) is 4.39 Å². The van der Waals surface area contributed by atoms with Crippen LogP contribution in [0.25, 0.3) is 11.1 Å². The first kappa shape index (κ1) is 22.0. The average Bonchev–Trinajstić information content (AvgIpc) is 3.28. The van der Waals surface area contributed by atoms with Crippen molar-refractivity contribution in [2.75, 3.05) is 26.2 Å². The highest BCUT2D eigenvalue weighted by Crippen LogP contribution is 2.32. The lowest BCUT2D eigenvalue weighted by Gasteiger charge is -2.36. The van der Waals surface area contributed by atoms with E-state index in [4.69, 9.17) is 4.42 Å². The predicted molar refractivity (Wildman–Crippen MR) is 120 cm³/mol. The molecule has 3 aromatic rings. The molecule has 2 saturated heterocycles. The minimum absolute atomic E-state index is 0.0787. The summed E-state index contributed by atoms with van der Waals surface area (Å²) in [6, 6.07) is 12.6. The van der Waals surface area contributed by atoms with Crippen molar-refractivity contribution in [1.82, 2.24) is 14.2 Å². The molecule has 2 fully saturated rings. The van der Waals surface area contributed by atoms with Gasteiger partial charge in [-0.2, -0.15) is 4.31 Å². The number of benzene rings is 2. The van der Waals surface area contributed by atoms with Gasteiger partial charge in [-0.25, -0.2) is 17.8 Å².